The molecule has 0 spiro atoms. The van der Waals surface area contributed by atoms with Crippen molar-refractivity contribution in [3.8, 4) is 0 Å². The van der Waals surface area contributed by atoms with Gasteiger partial charge >= 0.3 is 0 Å². The first-order valence-corrected chi connectivity index (χ1v) is 4.50. The highest BCUT2D eigenvalue weighted by atomic mass is 16.1. The third kappa shape index (κ3) is 1.94. The molecule has 1 heterocycles. The predicted molar refractivity (Wildman–Crippen MR) is 53.1 cm³/mol. The fraction of sp³-hybridized carbons (Fsp3) is 0.455. The van der Waals surface area contributed by atoms with Crippen molar-refractivity contribution in [2.75, 3.05) is 0 Å². The molecule has 0 unspecified atom stereocenters. The van der Waals surface area contributed by atoms with Gasteiger partial charge in [0, 0.05) is 17.5 Å². The lowest BCUT2D eigenvalue weighted by Crippen LogP contribution is -2.03. The number of ketones is 1. The molecule has 2 nitrogen and oxygen atoms in total. The van der Waals surface area contributed by atoms with E-state index in [4.69, 9.17) is 0 Å². The molecule has 0 amide bonds. The average Bonchev–Trinajstić information content (AvgIpc) is 2.03. The van der Waals surface area contributed by atoms with Gasteiger partial charge in [-0.25, -0.2) is 0 Å². The first-order chi connectivity index (χ1) is 6.04. The summed E-state index contributed by atoms with van der Waals surface area (Å²) in [6.07, 6.45) is 1.71. The van der Waals surface area contributed by atoms with Crippen molar-refractivity contribution in [2.24, 2.45) is 0 Å². The topological polar surface area (TPSA) is 30.0 Å². The summed E-state index contributed by atoms with van der Waals surface area (Å²) < 4.78 is 0. The molecule has 70 valence electrons. The van der Waals surface area contributed by atoms with Crippen LogP contribution in [-0.4, -0.2) is 10.8 Å². The first kappa shape index (κ1) is 9.90. The van der Waals surface area contributed by atoms with Crippen molar-refractivity contribution in [2.45, 2.75) is 33.6 Å². The summed E-state index contributed by atoms with van der Waals surface area (Å²) in [6, 6.07) is 1.78. The third-order valence-electron chi connectivity index (χ3n) is 2.17. The van der Waals surface area contributed by atoms with E-state index in [1.807, 2.05) is 6.92 Å². The standard InChI is InChI=1S/C11H15NO/c1-7(2)11-8(3)10(9(4)13)5-6-12-11/h5-7H,1-4H3. The Kier molecular flexibility index (Phi) is 2.81. The third-order valence-corrected chi connectivity index (χ3v) is 2.17. The SMILES string of the molecule is CC(=O)c1ccnc(C(C)C)c1C. The van der Waals surface area contributed by atoms with E-state index in [2.05, 4.69) is 18.8 Å². The van der Waals surface area contributed by atoms with E-state index >= 15 is 0 Å². The summed E-state index contributed by atoms with van der Waals surface area (Å²) in [4.78, 5) is 15.5. The van der Waals surface area contributed by atoms with Gasteiger partial charge in [0.25, 0.3) is 0 Å². The van der Waals surface area contributed by atoms with Crippen LogP contribution in [0.25, 0.3) is 0 Å². The summed E-state index contributed by atoms with van der Waals surface area (Å²) >= 11 is 0. The van der Waals surface area contributed by atoms with Crippen LogP contribution in [0.4, 0.5) is 0 Å². The summed E-state index contributed by atoms with van der Waals surface area (Å²) in [7, 11) is 0. The van der Waals surface area contributed by atoms with E-state index < -0.39 is 0 Å². The van der Waals surface area contributed by atoms with Crippen LogP contribution in [0.3, 0.4) is 0 Å². The zero-order valence-electron chi connectivity index (χ0n) is 8.59. The minimum absolute atomic E-state index is 0.113. The van der Waals surface area contributed by atoms with Gasteiger partial charge in [0.1, 0.15) is 0 Å². The average molecular weight is 177 g/mol. The van der Waals surface area contributed by atoms with Crippen molar-refractivity contribution < 1.29 is 4.79 Å². The zero-order valence-corrected chi connectivity index (χ0v) is 8.59. The Morgan fingerprint density at radius 3 is 2.54 bits per heavy atom. The van der Waals surface area contributed by atoms with Gasteiger partial charge in [0.15, 0.2) is 5.78 Å². The van der Waals surface area contributed by atoms with Gasteiger partial charge in [-0.15, -0.1) is 0 Å². The summed E-state index contributed by atoms with van der Waals surface area (Å²) in [5, 5.41) is 0. The normalized spacial score (nSPS) is 10.5. The fourth-order valence-corrected chi connectivity index (χ4v) is 1.52. The molecule has 0 saturated heterocycles. The molecule has 0 aromatic carbocycles. The van der Waals surface area contributed by atoms with E-state index in [0.29, 0.717) is 5.92 Å². The molecule has 0 N–H and O–H groups in total. The lowest BCUT2D eigenvalue weighted by molar-refractivity contribution is 0.101. The van der Waals surface area contributed by atoms with Crippen LogP contribution in [-0.2, 0) is 0 Å². The molecule has 1 aromatic heterocycles. The van der Waals surface area contributed by atoms with Crippen molar-refractivity contribution in [3.63, 3.8) is 0 Å². The highest BCUT2D eigenvalue weighted by Gasteiger charge is 2.10. The monoisotopic (exact) mass is 177 g/mol. The maximum absolute atomic E-state index is 11.2. The summed E-state index contributed by atoms with van der Waals surface area (Å²) in [5.74, 6) is 0.487. The molecule has 0 bridgehead atoms. The molecular weight excluding hydrogens is 162 g/mol. The van der Waals surface area contributed by atoms with Crippen LogP contribution in [0.2, 0.25) is 0 Å². The highest BCUT2D eigenvalue weighted by Crippen LogP contribution is 2.19. The maximum Gasteiger partial charge on any atom is 0.160 e. The predicted octanol–water partition coefficient (Wildman–Crippen LogP) is 2.72. The smallest absolute Gasteiger partial charge is 0.160 e. The van der Waals surface area contributed by atoms with Crippen LogP contribution >= 0.6 is 0 Å². The molecule has 0 aliphatic carbocycles. The molecule has 0 radical (unpaired) electrons. The number of hydrogen-bond donors (Lipinski definition) is 0. The lowest BCUT2D eigenvalue weighted by Gasteiger charge is -2.10. The van der Waals surface area contributed by atoms with Gasteiger partial charge in [-0.05, 0) is 31.4 Å². The molecule has 1 rings (SSSR count). The molecule has 0 fully saturated rings. The Morgan fingerprint density at radius 2 is 2.08 bits per heavy atom. The van der Waals surface area contributed by atoms with Gasteiger partial charge in [-0.2, -0.15) is 0 Å². The van der Waals surface area contributed by atoms with Crippen LogP contribution in [0, 0.1) is 6.92 Å². The first-order valence-electron chi connectivity index (χ1n) is 4.50. The van der Waals surface area contributed by atoms with Crippen LogP contribution in [0.5, 0.6) is 0 Å². The molecule has 13 heavy (non-hydrogen) atoms. The summed E-state index contributed by atoms with van der Waals surface area (Å²) in [5.41, 5.74) is 2.83. The molecule has 0 saturated carbocycles. The summed E-state index contributed by atoms with van der Waals surface area (Å²) in [6.45, 7) is 7.71. The number of hydrogen-bond acceptors (Lipinski definition) is 2. The highest BCUT2D eigenvalue weighted by molar-refractivity contribution is 5.95. The van der Waals surface area contributed by atoms with E-state index in [1.54, 1.807) is 19.2 Å². The van der Waals surface area contributed by atoms with Gasteiger partial charge < -0.3 is 0 Å². The molecule has 1 aromatic rings. The fourth-order valence-electron chi connectivity index (χ4n) is 1.52. The van der Waals surface area contributed by atoms with Crippen molar-refractivity contribution in [1.29, 1.82) is 0 Å². The van der Waals surface area contributed by atoms with Crippen molar-refractivity contribution in [3.05, 3.63) is 29.1 Å². The lowest BCUT2D eigenvalue weighted by atomic mass is 9.99. The molecule has 2 heteroatoms. The van der Waals surface area contributed by atoms with E-state index in [1.165, 1.54) is 0 Å². The second kappa shape index (κ2) is 3.69. The quantitative estimate of drug-likeness (QED) is 0.650. The van der Waals surface area contributed by atoms with E-state index in [-0.39, 0.29) is 5.78 Å². The number of carbonyl (C=O) groups is 1. The van der Waals surface area contributed by atoms with Gasteiger partial charge in [0.2, 0.25) is 0 Å². The maximum atomic E-state index is 11.2. The minimum atomic E-state index is 0.113. The van der Waals surface area contributed by atoms with Crippen LogP contribution in [0.1, 0.15) is 48.3 Å². The van der Waals surface area contributed by atoms with Gasteiger partial charge in [-0.3, -0.25) is 9.78 Å². The number of rotatable bonds is 2. The number of carbonyl (C=O) groups excluding carboxylic acids is 1. The Balaban J connectivity index is 3.26. The van der Waals surface area contributed by atoms with E-state index in [0.717, 1.165) is 16.8 Å². The van der Waals surface area contributed by atoms with E-state index in [9.17, 15) is 4.79 Å². The second-order valence-corrected chi connectivity index (χ2v) is 3.58. The Bertz CT molecular complexity index is 329. The van der Waals surface area contributed by atoms with Gasteiger partial charge in [-0.1, -0.05) is 13.8 Å². The Morgan fingerprint density at radius 1 is 1.46 bits per heavy atom. The second-order valence-electron chi connectivity index (χ2n) is 3.58. The van der Waals surface area contributed by atoms with Crippen LogP contribution < -0.4 is 0 Å². The number of pyridine rings is 1. The number of aromatic nitrogens is 1. The Hall–Kier alpha value is -1.18. The molecule has 0 atom stereocenters. The zero-order chi connectivity index (χ0) is 10.0. The number of Topliss-reactive ketones (excluding diaryl/α,β-unsaturated/α-hetero) is 1. The van der Waals surface area contributed by atoms with Crippen molar-refractivity contribution in [1.82, 2.24) is 4.98 Å². The number of nitrogens with zero attached hydrogens (tertiary/aromatic N) is 1. The molecule has 0 aliphatic rings. The minimum Gasteiger partial charge on any atom is -0.294 e. The molecule has 0 aliphatic heterocycles. The van der Waals surface area contributed by atoms with Crippen LogP contribution in [0.15, 0.2) is 12.3 Å². The molecular formula is C11H15NO. The Labute approximate surface area is 79.0 Å². The van der Waals surface area contributed by atoms with Crippen molar-refractivity contribution >= 4 is 5.78 Å². The largest absolute Gasteiger partial charge is 0.294 e. The van der Waals surface area contributed by atoms with Gasteiger partial charge in [0.05, 0.1) is 0 Å².